The summed E-state index contributed by atoms with van der Waals surface area (Å²) in [4.78, 5) is 38.4. The van der Waals surface area contributed by atoms with E-state index in [1.807, 2.05) is 0 Å². The van der Waals surface area contributed by atoms with Crippen molar-refractivity contribution in [2.75, 3.05) is 30.3 Å². The molecular weight excluding hydrogens is 609 g/mol. The van der Waals surface area contributed by atoms with E-state index in [9.17, 15) is 41.0 Å². The van der Waals surface area contributed by atoms with Gasteiger partial charge in [-0.3, -0.25) is 9.36 Å². The number of nitrogen functional groups attached to an aromatic ring is 1. The second kappa shape index (κ2) is 12.2. The zero-order valence-electron chi connectivity index (χ0n) is 20.8. The molecule has 4 rings (SSSR count). The van der Waals surface area contributed by atoms with E-state index in [1.165, 1.54) is 4.90 Å². The van der Waals surface area contributed by atoms with Crippen LogP contribution in [0.4, 0.5) is 42.2 Å². The molecule has 0 radical (unpaired) electrons. The Morgan fingerprint density at radius 3 is 2.26 bits per heavy atom. The second-order valence-corrected chi connectivity index (χ2v) is 9.00. The molecule has 0 amide bonds. The van der Waals surface area contributed by atoms with Crippen molar-refractivity contribution < 1.29 is 55.6 Å². The Bertz CT molecular complexity index is 1680. The quantitative estimate of drug-likeness (QED) is 0.312. The molecule has 5 N–H and O–H groups in total. The summed E-state index contributed by atoms with van der Waals surface area (Å²) in [6, 6.07) is 1.16. The maximum absolute atomic E-state index is 15.3. The van der Waals surface area contributed by atoms with Crippen molar-refractivity contribution >= 4 is 45.9 Å². The fourth-order valence-electron chi connectivity index (χ4n) is 4.05. The molecular formula is C24H18ClF7N4O6. The zero-order valence-corrected chi connectivity index (χ0v) is 21.5. The summed E-state index contributed by atoms with van der Waals surface area (Å²) in [7, 11) is 0. The molecule has 1 aliphatic heterocycles. The fraction of sp³-hybridized carbons (Fsp3) is 0.250. The molecule has 0 unspecified atom stereocenters. The lowest BCUT2D eigenvalue weighted by Crippen LogP contribution is -2.33. The van der Waals surface area contributed by atoms with Gasteiger partial charge in [-0.05, 0) is 24.5 Å². The van der Waals surface area contributed by atoms with Crippen molar-refractivity contribution in [3.05, 3.63) is 68.0 Å². The maximum Gasteiger partial charge on any atom is 0.490 e. The van der Waals surface area contributed by atoms with Gasteiger partial charge in [-0.2, -0.15) is 13.2 Å². The van der Waals surface area contributed by atoms with E-state index in [0.717, 1.165) is 16.8 Å². The van der Waals surface area contributed by atoms with E-state index in [4.69, 9.17) is 32.3 Å². The molecule has 3 aromatic rings. The highest BCUT2D eigenvalue weighted by molar-refractivity contribution is 6.38. The van der Waals surface area contributed by atoms with Crippen LogP contribution in [0.5, 0.6) is 0 Å². The third-order valence-corrected chi connectivity index (χ3v) is 6.28. The van der Waals surface area contributed by atoms with Gasteiger partial charge in [0.1, 0.15) is 17.2 Å². The monoisotopic (exact) mass is 626 g/mol. The molecule has 1 fully saturated rings. The van der Waals surface area contributed by atoms with Gasteiger partial charge < -0.3 is 26.0 Å². The standard InChI is InChI=1S/C22H17ClF4N4O4.C2HF3O2/c23-16-17-10(4-12(24)18(16)30-3-1-2-9(6-30)15(27)8-32)19(33)11(22(34)35)7-31(17)21-14(26)5-13(25)20(28)29-21;3-2(4,5)1(6)7/h4-5,7,32H,1-3,6,8H2,(H2,28,29)(H,34,35);(H,6,7)/b15-9-;. The van der Waals surface area contributed by atoms with E-state index < -0.39 is 81.0 Å². The number of alkyl halides is 3. The Kier molecular flexibility index (Phi) is 9.36. The van der Waals surface area contributed by atoms with Gasteiger partial charge in [-0.15, -0.1) is 0 Å². The fourth-order valence-corrected chi connectivity index (χ4v) is 4.45. The summed E-state index contributed by atoms with van der Waals surface area (Å²) in [5.74, 6) is -10.0. The topological polar surface area (TPSA) is 159 Å². The summed E-state index contributed by atoms with van der Waals surface area (Å²) in [6.07, 6.45) is -3.63. The number of carboxylic acids is 2. The van der Waals surface area contributed by atoms with E-state index in [-0.39, 0.29) is 29.9 Å². The summed E-state index contributed by atoms with van der Waals surface area (Å²) in [6.45, 7) is -0.717. The number of nitrogens with two attached hydrogens (primary N) is 1. The Labute approximate surface area is 234 Å². The van der Waals surface area contributed by atoms with Gasteiger partial charge >= 0.3 is 18.1 Å². The molecule has 2 aromatic heterocycles. The number of anilines is 2. The van der Waals surface area contributed by atoms with Crippen LogP contribution in [0.2, 0.25) is 5.02 Å². The molecule has 0 bridgehead atoms. The van der Waals surface area contributed by atoms with Crippen molar-refractivity contribution in [1.82, 2.24) is 9.55 Å². The third kappa shape index (κ3) is 6.41. The van der Waals surface area contributed by atoms with Gasteiger partial charge in [-0.1, -0.05) is 11.6 Å². The lowest BCUT2D eigenvalue weighted by atomic mass is 10.0. The van der Waals surface area contributed by atoms with Gasteiger partial charge in [0.05, 0.1) is 28.2 Å². The first-order valence-electron chi connectivity index (χ1n) is 11.4. The first-order chi connectivity index (χ1) is 19.5. The largest absolute Gasteiger partial charge is 0.490 e. The molecule has 3 heterocycles. The highest BCUT2D eigenvalue weighted by Crippen LogP contribution is 2.39. The number of piperidine rings is 1. The Morgan fingerprint density at radius 1 is 1.10 bits per heavy atom. The molecule has 42 heavy (non-hydrogen) atoms. The average Bonchev–Trinajstić information content (AvgIpc) is 2.90. The number of carboxylic acid groups (broad SMARTS) is 2. The van der Waals surface area contributed by atoms with Crippen LogP contribution in [0.25, 0.3) is 16.7 Å². The number of rotatable bonds is 4. The van der Waals surface area contributed by atoms with E-state index in [0.29, 0.717) is 18.9 Å². The van der Waals surface area contributed by atoms with Crippen LogP contribution in [0.15, 0.2) is 34.5 Å². The zero-order chi connectivity index (χ0) is 31.7. The SMILES string of the molecule is Nc1nc(-n2cc(C(=O)O)c(=O)c3cc(F)c(N4CCC/C(=C(/F)CO)C4)c(Cl)c32)c(F)cc1F.O=C(O)C(F)(F)F. The smallest absolute Gasteiger partial charge is 0.477 e. The Hall–Kier alpha value is -4.38. The molecule has 18 heteroatoms. The van der Waals surface area contributed by atoms with Crippen LogP contribution in [0, 0.1) is 17.5 Å². The minimum atomic E-state index is -5.08. The number of aromatic carboxylic acids is 1. The normalized spacial score (nSPS) is 14.8. The molecule has 1 aromatic carbocycles. The predicted molar refractivity (Wildman–Crippen MR) is 134 cm³/mol. The molecule has 1 saturated heterocycles. The number of carbonyl (C=O) groups is 2. The maximum atomic E-state index is 15.3. The van der Waals surface area contributed by atoms with Crippen molar-refractivity contribution in [3.63, 3.8) is 0 Å². The number of pyridine rings is 2. The van der Waals surface area contributed by atoms with Crippen molar-refractivity contribution in [3.8, 4) is 5.82 Å². The van der Waals surface area contributed by atoms with Crippen LogP contribution in [-0.4, -0.2) is 62.7 Å². The Morgan fingerprint density at radius 2 is 1.71 bits per heavy atom. The van der Waals surface area contributed by atoms with Gasteiger partial charge in [-0.25, -0.2) is 32.1 Å². The van der Waals surface area contributed by atoms with E-state index >= 15 is 4.39 Å². The molecule has 0 atom stereocenters. The predicted octanol–water partition coefficient (Wildman–Crippen LogP) is 4.19. The summed E-state index contributed by atoms with van der Waals surface area (Å²) in [5, 5.41) is 24.8. The number of hydrogen-bond acceptors (Lipinski definition) is 7. The molecule has 1 aliphatic rings. The lowest BCUT2D eigenvalue weighted by molar-refractivity contribution is -0.192. The first-order valence-corrected chi connectivity index (χ1v) is 11.8. The number of aromatic nitrogens is 2. The number of aliphatic hydroxyl groups is 1. The minimum Gasteiger partial charge on any atom is -0.477 e. The molecule has 226 valence electrons. The minimum absolute atomic E-state index is 0.123. The number of fused-ring (bicyclic) bond motifs is 1. The number of aliphatic hydroxyl groups excluding tert-OH is 1. The van der Waals surface area contributed by atoms with Crippen molar-refractivity contribution in [2.45, 2.75) is 19.0 Å². The molecule has 0 saturated carbocycles. The van der Waals surface area contributed by atoms with Crippen LogP contribution in [0.3, 0.4) is 0 Å². The summed E-state index contributed by atoms with van der Waals surface area (Å²) < 4.78 is 90.2. The third-order valence-electron chi connectivity index (χ3n) is 5.92. The number of hydrogen-bond donors (Lipinski definition) is 4. The highest BCUT2D eigenvalue weighted by atomic mass is 35.5. The van der Waals surface area contributed by atoms with Crippen molar-refractivity contribution in [2.24, 2.45) is 0 Å². The van der Waals surface area contributed by atoms with Gasteiger partial charge in [0.2, 0.25) is 5.43 Å². The number of halogens is 8. The molecule has 10 nitrogen and oxygen atoms in total. The number of benzene rings is 1. The summed E-state index contributed by atoms with van der Waals surface area (Å²) >= 11 is 6.52. The van der Waals surface area contributed by atoms with Crippen LogP contribution in [0.1, 0.15) is 23.2 Å². The van der Waals surface area contributed by atoms with Crippen LogP contribution >= 0.6 is 11.6 Å². The van der Waals surface area contributed by atoms with Gasteiger partial charge in [0.25, 0.3) is 0 Å². The summed E-state index contributed by atoms with van der Waals surface area (Å²) in [5.41, 5.74) is 3.17. The average molecular weight is 627 g/mol. The van der Waals surface area contributed by atoms with Crippen LogP contribution < -0.4 is 16.1 Å². The van der Waals surface area contributed by atoms with Gasteiger partial charge in [0, 0.05) is 25.4 Å². The van der Waals surface area contributed by atoms with E-state index in [2.05, 4.69) is 4.98 Å². The highest BCUT2D eigenvalue weighted by Gasteiger charge is 2.38. The van der Waals surface area contributed by atoms with Gasteiger partial charge in [0.15, 0.2) is 23.3 Å². The second-order valence-electron chi connectivity index (χ2n) is 8.62. The lowest BCUT2D eigenvalue weighted by Gasteiger charge is -2.32. The van der Waals surface area contributed by atoms with Crippen molar-refractivity contribution in [1.29, 1.82) is 0 Å². The van der Waals surface area contributed by atoms with E-state index in [1.54, 1.807) is 0 Å². The van der Waals surface area contributed by atoms with Crippen LogP contribution in [-0.2, 0) is 4.79 Å². The first kappa shape index (κ1) is 32.1. The Balaban J connectivity index is 0.000000616. The number of aliphatic carboxylic acids is 1. The molecule has 0 aliphatic carbocycles. The molecule has 0 spiro atoms. The number of nitrogens with zero attached hydrogens (tertiary/aromatic N) is 3.